The summed E-state index contributed by atoms with van der Waals surface area (Å²) in [5.41, 5.74) is 0.113. The minimum absolute atomic E-state index is 0.0887. The number of benzene rings is 2. The zero-order valence-electron chi connectivity index (χ0n) is 20.2. The van der Waals surface area contributed by atoms with Crippen LogP contribution >= 0.6 is 15.9 Å². The molecule has 1 amide bonds. The van der Waals surface area contributed by atoms with E-state index in [-0.39, 0.29) is 18.7 Å². The van der Waals surface area contributed by atoms with E-state index < -0.39 is 29.1 Å². The Bertz CT molecular complexity index is 1090. The largest absolute Gasteiger partial charge is 0.496 e. The predicted octanol–water partition coefficient (Wildman–Crippen LogP) is 4.87. The second-order valence-electron chi connectivity index (χ2n) is 9.54. The summed E-state index contributed by atoms with van der Waals surface area (Å²) in [4.78, 5) is 42.1. The van der Waals surface area contributed by atoms with E-state index in [0.29, 0.717) is 23.6 Å². The third kappa shape index (κ3) is 5.20. The second kappa shape index (κ2) is 10.6. The lowest BCUT2D eigenvalue weighted by molar-refractivity contribution is -0.179. The molecule has 0 radical (unpaired) electrons. The molecule has 3 atom stereocenters. The molecule has 7 nitrogen and oxygen atoms in total. The highest BCUT2D eigenvalue weighted by Crippen LogP contribution is 2.45. The van der Waals surface area contributed by atoms with Crippen molar-refractivity contribution in [1.82, 2.24) is 0 Å². The highest BCUT2D eigenvalue weighted by molar-refractivity contribution is 9.10. The normalized spacial score (nSPS) is 23.0. The van der Waals surface area contributed by atoms with Crippen molar-refractivity contribution in [2.75, 3.05) is 25.2 Å². The summed E-state index contributed by atoms with van der Waals surface area (Å²) in [6.45, 7) is 4.22. The van der Waals surface area contributed by atoms with Gasteiger partial charge in [0.25, 0.3) is 5.91 Å². The number of carbonyl (C=O) groups excluding carboxylic acids is 3. The zero-order valence-corrected chi connectivity index (χ0v) is 21.7. The molecule has 2 aromatic carbocycles. The van der Waals surface area contributed by atoms with E-state index in [1.807, 2.05) is 6.07 Å². The van der Waals surface area contributed by atoms with Crippen LogP contribution < -0.4 is 9.64 Å². The molecule has 0 bridgehead atoms. The average molecular weight is 544 g/mol. The number of para-hydroxylation sites is 1. The first kappa shape index (κ1) is 25.5. The molecule has 2 aliphatic rings. The van der Waals surface area contributed by atoms with Gasteiger partial charge in [0.15, 0.2) is 12.1 Å². The lowest BCUT2D eigenvalue weighted by atomic mass is 9.76. The highest BCUT2D eigenvalue weighted by atomic mass is 79.9. The summed E-state index contributed by atoms with van der Waals surface area (Å²) in [6, 6.07) is 13.4. The van der Waals surface area contributed by atoms with Crippen molar-refractivity contribution in [3.05, 3.63) is 58.6 Å². The van der Waals surface area contributed by atoms with Crippen LogP contribution in [0.25, 0.3) is 0 Å². The Morgan fingerprint density at radius 1 is 1.11 bits per heavy atom. The van der Waals surface area contributed by atoms with Crippen LogP contribution in [-0.4, -0.2) is 44.1 Å². The molecule has 0 spiro atoms. The SMILES string of the molecule is COc1ccccc1C1C(C(=O)C(C)(C)COC2CCCCO2)C(=O)C(=O)N1c1ccc(Br)cc1. The number of carbonyl (C=O) groups is 3. The van der Waals surface area contributed by atoms with E-state index >= 15 is 0 Å². The summed E-state index contributed by atoms with van der Waals surface area (Å²) >= 11 is 3.41. The van der Waals surface area contributed by atoms with Gasteiger partial charge in [0.1, 0.15) is 11.7 Å². The number of amides is 1. The number of halogens is 1. The molecule has 2 fully saturated rings. The van der Waals surface area contributed by atoms with E-state index in [0.717, 1.165) is 23.7 Å². The summed E-state index contributed by atoms with van der Waals surface area (Å²) in [7, 11) is 1.53. The number of anilines is 1. The van der Waals surface area contributed by atoms with Gasteiger partial charge in [-0.3, -0.25) is 19.3 Å². The molecule has 35 heavy (non-hydrogen) atoms. The summed E-state index contributed by atoms with van der Waals surface area (Å²) in [6.07, 6.45) is 2.41. The Kier molecular flexibility index (Phi) is 7.73. The number of ketones is 2. The van der Waals surface area contributed by atoms with Crippen LogP contribution in [0.4, 0.5) is 5.69 Å². The first-order valence-electron chi connectivity index (χ1n) is 11.8. The third-order valence-electron chi connectivity index (χ3n) is 6.59. The van der Waals surface area contributed by atoms with Crippen molar-refractivity contribution in [1.29, 1.82) is 0 Å². The number of ether oxygens (including phenoxy) is 3. The Labute approximate surface area is 213 Å². The second-order valence-corrected chi connectivity index (χ2v) is 10.5. The number of hydrogen-bond donors (Lipinski definition) is 0. The topological polar surface area (TPSA) is 82.1 Å². The standard InChI is InChI=1S/C27H30BrNO6/c1-27(2,16-35-21-10-6-7-15-34-21)25(31)22-23(19-8-4-5-9-20(19)33-3)29(26(32)24(22)30)18-13-11-17(28)12-14-18/h4-5,8-9,11-14,21-23H,6-7,10,15-16H2,1-3H3. The lowest BCUT2D eigenvalue weighted by Crippen LogP contribution is -2.41. The van der Waals surface area contributed by atoms with Crippen LogP contribution in [-0.2, 0) is 23.9 Å². The van der Waals surface area contributed by atoms with Gasteiger partial charge >= 0.3 is 0 Å². The summed E-state index contributed by atoms with van der Waals surface area (Å²) in [5.74, 6) is -2.48. The van der Waals surface area contributed by atoms with Crippen LogP contribution in [0.5, 0.6) is 5.75 Å². The zero-order chi connectivity index (χ0) is 25.2. The number of methoxy groups -OCH3 is 1. The first-order valence-corrected chi connectivity index (χ1v) is 12.6. The van der Waals surface area contributed by atoms with E-state index in [1.54, 1.807) is 56.3 Å². The van der Waals surface area contributed by atoms with Crippen molar-refractivity contribution < 1.29 is 28.6 Å². The number of rotatable bonds is 8. The van der Waals surface area contributed by atoms with Gasteiger partial charge < -0.3 is 14.2 Å². The smallest absolute Gasteiger partial charge is 0.295 e. The molecule has 2 saturated heterocycles. The average Bonchev–Trinajstić information content (AvgIpc) is 3.13. The van der Waals surface area contributed by atoms with Crippen molar-refractivity contribution in [3.8, 4) is 5.75 Å². The summed E-state index contributed by atoms with van der Waals surface area (Å²) in [5, 5.41) is 0. The van der Waals surface area contributed by atoms with Crippen LogP contribution in [0.2, 0.25) is 0 Å². The van der Waals surface area contributed by atoms with Crippen molar-refractivity contribution in [2.45, 2.75) is 45.4 Å². The number of nitrogens with zero attached hydrogens (tertiary/aromatic N) is 1. The van der Waals surface area contributed by atoms with Gasteiger partial charge in [0.2, 0.25) is 5.78 Å². The minimum Gasteiger partial charge on any atom is -0.496 e. The maximum atomic E-state index is 13.9. The van der Waals surface area contributed by atoms with E-state index in [1.165, 1.54) is 12.0 Å². The molecule has 4 rings (SSSR count). The van der Waals surface area contributed by atoms with Crippen molar-refractivity contribution in [3.63, 3.8) is 0 Å². The fourth-order valence-corrected chi connectivity index (χ4v) is 4.94. The molecular formula is C27H30BrNO6. The fraction of sp³-hybridized carbons (Fsp3) is 0.444. The predicted molar refractivity (Wildman–Crippen MR) is 134 cm³/mol. The molecular weight excluding hydrogens is 514 g/mol. The third-order valence-corrected chi connectivity index (χ3v) is 7.11. The van der Waals surface area contributed by atoms with Crippen LogP contribution in [0.3, 0.4) is 0 Å². The minimum atomic E-state index is -1.20. The van der Waals surface area contributed by atoms with Crippen molar-refractivity contribution >= 4 is 39.1 Å². The van der Waals surface area contributed by atoms with Crippen LogP contribution in [0.1, 0.15) is 44.7 Å². The van der Waals surface area contributed by atoms with Gasteiger partial charge in [-0.1, -0.05) is 48.0 Å². The van der Waals surface area contributed by atoms with Gasteiger partial charge in [-0.15, -0.1) is 0 Å². The van der Waals surface area contributed by atoms with Gasteiger partial charge in [-0.25, -0.2) is 0 Å². The molecule has 0 saturated carbocycles. The monoisotopic (exact) mass is 543 g/mol. The summed E-state index contributed by atoms with van der Waals surface area (Å²) < 4.78 is 18.0. The van der Waals surface area contributed by atoms with Crippen LogP contribution in [0.15, 0.2) is 53.0 Å². The lowest BCUT2D eigenvalue weighted by Gasteiger charge is -2.33. The molecule has 186 valence electrons. The fourth-order valence-electron chi connectivity index (χ4n) is 4.68. The molecule has 0 N–H and O–H groups in total. The molecule has 2 heterocycles. The van der Waals surface area contributed by atoms with Crippen LogP contribution in [0, 0.1) is 11.3 Å². The quantitative estimate of drug-likeness (QED) is 0.349. The van der Waals surface area contributed by atoms with E-state index in [2.05, 4.69) is 15.9 Å². The molecule has 0 aromatic heterocycles. The molecule has 2 aliphatic heterocycles. The highest BCUT2D eigenvalue weighted by Gasteiger charge is 2.55. The molecule has 2 aromatic rings. The van der Waals surface area contributed by atoms with Crippen molar-refractivity contribution in [2.24, 2.45) is 11.3 Å². The molecule has 8 heteroatoms. The Morgan fingerprint density at radius 2 is 1.83 bits per heavy atom. The van der Waals surface area contributed by atoms with E-state index in [4.69, 9.17) is 14.2 Å². The molecule has 3 unspecified atom stereocenters. The van der Waals surface area contributed by atoms with Gasteiger partial charge in [-0.2, -0.15) is 0 Å². The number of hydrogen-bond acceptors (Lipinski definition) is 6. The van der Waals surface area contributed by atoms with Gasteiger partial charge in [-0.05, 0) is 49.6 Å². The maximum absolute atomic E-state index is 13.9. The number of Topliss-reactive ketones (excluding diaryl/α,β-unsaturated/α-hetero) is 2. The van der Waals surface area contributed by atoms with Gasteiger partial charge in [0.05, 0.1) is 19.8 Å². The Balaban J connectivity index is 1.71. The maximum Gasteiger partial charge on any atom is 0.295 e. The van der Waals surface area contributed by atoms with E-state index in [9.17, 15) is 14.4 Å². The Morgan fingerprint density at radius 3 is 2.49 bits per heavy atom. The Hall–Kier alpha value is -2.55. The molecule has 0 aliphatic carbocycles. The first-order chi connectivity index (χ1) is 16.7. The van der Waals surface area contributed by atoms with Gasteiger partial charge in [0, 0.05) is 27.7 Å².